The maximum atomic E-state index is 13.1. The van der Waals surface area contributed by atoms with E-state index in [0.717, 1.165) is 30.5 Å². The average Bonchev–Trinajstić information content (AvgIpc) is 3.22. The molecule has 31 heavy (non-hydrogen) atoms. The summed E-state index contributed by atoms with van der Waals surface area (Å²) < 4.78 is 39.0. The van der Waals surface area contributed by atoms with E-state index in [2.05, 4.69) is 16.0 Å². The molecule has 0 bridgehead atoms. The Bertz CT molecular complexity index is 910. The molecule has 0 aliphatic heterocycles. The van der Waals surface area contributed by atoms with Crippen LogP contribution in [0, 0.1) is 0 Å². The van der Waals surface area contributed by atoms with Crippen LogP contribution in [0.1, 0.15) is 55.3 Å². The molecule has 1 unspecified atom stereocenters. The van der Waals surface area contributed by atoms with Gasteiger partial charge in [0.25, 0.3) is 0 Å². The van der Waals surface area contributed by atoms with Crippen molar-refractivity contribution < 1.29 is 22.8 Å². The first-order chi connectivity index (χ1) is 14.7. The quantitative estimate of drug-likeness (QED) is 0.618. The van der Waals surface area contributed by atoms with Gasteiger partial charge in [0.05, 0.1) is 11.6 Å². The van der Waals surface area contributed by atoms with Crippen molar-refractivity contribution in [1.82, 2.24) is 16.0 Å². The lowest BCUT2D eigenvalue weighted by atomic mass is 9.95. The van der Waals surface area contributed by atoms with E-state index in [1.54, 1.807) is 13.0 Å². The summed E-state index contributed by atoms with van der Waals surface area (Å²) in [6.07, 6.45) is -1.93. The highest BCUT2D eigenvalue weighted by Gasteiger charge is 2.43. The van der Waals surface area contributed by atoms with Gasteiger partial charge in [-0.2, -0.15) is 13.2 Å². The second-order valence-electron chi connectivity index (χ2n) is 7.90. The van der Waals surface area contributed by atoms with Crippen molar-refractivity contribution in [2.45, 2.75) is 56.9 Å². The summed E-state index contributed by atoms with van der Waals surface area (Å²) >= 11 is 0. The van der Waals surface area contributed by atoms with Crippen molar-refractivity contribution in [3.8, 4) is 0 Å². The Labute approximate surface area is 179 Å². The van der Waals surface area contributed by atoms with Gasteiger partial charge in [-0.15, -0.1) is 0 Å². The molecule has 3 amide bonds. The monoisotopic (exact) mass is 433 g/mol. The molecule has 5 nitrogen and oxygen atoms in total. The van der Waals surface area contributed by atoms with Crippen molar-refractivity contribution >= 4 is 11.9 Å². The maximum absolute atomic E-state index is 13.1. The molecule has 1 fully saturated rings. The van der Waals surface area contributed by atoms with Gasteiger partial charge in [-0.3, -0.25) is 4.79 Å². The minimum absolute atomic E-state index is 0.324. The molecule has 2 aromatic carbocycles. The summed E-state index contributed by atoms with van der Waals surface area (Å²) in [6, 6.07) is 13.2. The topological polar surface area (TPSA) is 70.2 Å². The Kier molecular flexibility index (Phi) is 6.87. The molecular formula is C23H26F3N3O2. The van der Waals surface area contributed by atoms with E-state index < -0.39 is 29.4 Å². The van der Waals surface area contributed by atoms with Crippen molar-refractivity contribution in [3.05, 3.63) is 71.3 Å². The predicted molar refractivity (Wildman–Crippen MR) is 111 cm³/mol. The Morgan fingerprint density at radius 2 is 1.71 bits per heavy atom. The standard InChI is InChI=1S/C23H26F3N3O2/c1-16(18-10-7-11-19(14-18)23(24,25)26)28-20(30)22(12-5-6-13-22)29-21(31)27-15-17-8-3-2-4-9-17/h2-4,7-11,14,16H,5-6,12-13,15H2,1H3,(H,28,30)(H2,27,29,31). The third-order valence-corrected chi connectivity index (χ3v) is 5.60. The van der Waals surface area contributed by atoms with E-state index in [0.29, 0.717) is 24.9 Å². The first-order valence-electron chi connectivity index (χ1n) is 10.3. The largest absolute Gasteiger partial charge is 0.416 e. The summed E-state index contributed by atoms with van der Waals surface area (Å²) in [5, 5.41) is 8.36. The van der Waals surface area contributed by atoms with Gasteiger partial charge in [0, 0.05) is 6.54 Å². The molecule has 0 aromatic heterocycles. The van der Waals surface area contributed by atoms with Gasteiger partial charge in [-0.25, -0.2) is 4.79 Å². The van der Waals surface area contributed by atoms with Crippen LogP contribution in [0.15, 0.2) is 54.6 Å². The fourth-order valence-electron chi connectivity index (χ4n) is 3.83. The van der Waals surface area contributed by atoms with E-state index in [-0.39, 0.29) is 5.91 Å². The molecule has 0 heterocycles. The first kappa shape index (κ1) is 22.7. The number of benzene rings is 2. The molecule has 166 valence electrons. The molecule has 0 saturated heterocycles. The number of rotatable bonds is 6. The maximum Gasteiger partial charge on any atom is 0.416 e. The third-order valence-electron chi connectivity index (χ3n) is 5.60. The number of carbonyl (C=O) groups is 2. The van der Waals surface area contributed by atoms with E-state index in [1.807, 2.05) is 30.3 Å². The normalized spacial score (nSPS) is 16.4. The van der Waals surface area contributed by atoms with Gasteiger partial charge in [-0.05, 0) is 43.0 Å². The summed E-state index contributed by atoms with van der Waals surface area (Å²) in [7, 11) is 0. The Morgan fingerprint density at radius 3 is 2.35 bits per heavy atom. The summed E-state index contributed by atoms with van der Waals surface area (Å²) in [6.45, 7) is 1.95. The van der Waals surface area contributed by atoms with Gasteiger partial charge in [-0.1, -0.05) is 55.3 Å². The lowest BCUT2D eigenvalue weighted by molar-refractivity contribution is -0.137. The molecule has 3 rings (SSSR count). The first-order valence-corrected chi connectivity index (χ1v) is 10.3. The molecule has 0 radical (unpaired) electrons. The Hall–Kier alpha value is -3.03. The molecule has 3 N–H and O–H groups in total. The van der Waals surface area contributed by atoms with Crippen LogP contribution in [0.2, 0.25) is 0 Å². The van der Waals surface area contributed by atoms with Crippen molar-refractivity contribution in [2.75, 3.05) is 0 Å². The second kappa shape index (κ2) is 9.41. The Morgan fingerprint density at radius 1 is 1.03 bits per heavy atom. The molecule has 1 saturated carbocycles. The second-order valence-corrected chi connectivity index (χ2v) is 7.90. The number of halogens is 3. The van der Waals surface area contributed by atoms with Crippen LogP contribution in [0.5, 0.6) is 0 Å². The van der Waals surface area contributed by atoms with Crippen LogP contribution in [0.3, 0.4) is 0 Å². The zero-order chi connectivity index (χ0) is 22.5. The summed E-state index contributed by atoms with van der Waals surface area (Å²) in [5.74, 6) is -0.384. The third kappa shape index (κ3) is 5.77. The average molecular weight is 433 g/mol. The number of hydrogen-bond donors (Lipinski definition) is 3. The lowest BCUT2D eigenvalue weighted by Gasteiger charge is -2.31. The van der Waals surface area contributed by atoms with E-state index in [4.69, 9.17) is 0 Å². The fourth-order valence-corrected chi connectivity index (χ4v) is 3.83. The number of urea groups is 1. The predicted octanol–water partition coefficient (Wildman–Crippen LogP) is 4.69. The minimum atomic E-state index is -4.45. The van der Waals surface area contributed by atoms with Crippen molar-refractivity contribution in [2.24, 2.45) is 0 Å². The van der Waals surface area contributed by atoms with Crippen LogP contribution in [-0.4, -0.2) is 17.5 Å². The zero-order valence-electron chi connectivity index (χ0n) is 17.3. The van der Waals surface area contributed by atoms with E-state index in [1.165, 1.54) is 6.07 Å². The minimum Gasteiger partial charge on any atom is -0.348 e. The van der Waals surface area contributed by atoms with Gasteiger partial charge < -0.3 is 16.0 Å². The molecule has 1 aliphatic rings. The number of hydrogen-bond acceptors (Lipinski definition) is 2. The molecule has 1 atom stereocenters. The van der Waals surface area contributed by atoms with Crippen LogP contribution in [0.25, 0.3) is 0 Å². The van der Waals surface area contributed by atoms with Crippen LogP contribution >= 0.6 is 0 Å². The highest BCUT2D eigenvalue weighted by Crippen LogP contribution is 2.32. The van der Waals surface area contributed by atoms with Gasteiger partial charge in [0.1, 0.15) is 5.54 Å². The van der Waals surface area contributed by atoms with Crippen LogP contribution < -0.4 is 16.0 Å². The fraction of sp³-hybridized carbons (Fsp3) is 0.391. The smallest absolute Gasteiger partial charge is 0.348 e. The SMILES string of the molecule is CC(NC(=O)C1(NC(=O)NCc2ccccc2)CCCC1)c1cccc(C(F)(F)F)c1. The van der Waals surface area contributed by atoms with Gasteiger partial charge >= 0.3 is 12.2 Å². The zero-order valence-corrected chi connectivity index (χ0v) is 17.3. The molecule has 1 aliphatic carbocycles. The van der Waals surface area contributed by atoms with Crippen LogP contribution in [0.4, 0.5) is 18.0 Å². The van der Waals surface area contributed by atoms with E-state index in [9.17, 15) is 22.8 Å². The van der Waals surface area contributed by atoms with Crippen molar-refractivity contribution in [3.63, 3.8) is 0 Å². The summed E-state index contributed by atoms with van der Waals surface area (Å²) in [4.78, 5) is 25.5. The highest BCUT2D eigenvalue weighted by atomic mass is 19.4. The summed E-state index contributed by atoms with van der Waals surface area (Å²) in [5.41, 5.74) is -0.554. The molecule has 8 heteroatoms. The highest BCUT2D eigenvalue weighted by molar-refractivity contribution is 5.91. The van der Waals surface area contributed by atoms with Crippen molar-refractivity contribution in [1.29, 1.82) is 0 Å². The molecule has 0 spiro atoms. The lowest BCUT2D eigenvalue weighted by Crippen LogP contribution is -2.59. The van der Waals surface area contributed by atoms with Gasteiger partial charge in [0.15, 0.2) is 0 Å². The van der Waals surface area contributed by atoms with Gasteiger partial charge in [0.2, 0.25) is 5.91 Å². The number of nitrogens with one attached hydrogen (secondary N) is 3. The molecular weight excluding hydrogens is 407 g/mol. The van der Waals surface area contributed by atoms with E-state index >= 15 is 0 Å². The number of amides is 3. The number of carbonyl (C=O) groups excluding carboxylic acids is 2. The number of alkyl halides is 3. The van der Waals surface area contributed by atoms with Crippen LogP contribution in [-0.2, 0) is 17.5 Å². The Balaban J connectivity index is 1.65. The molecule has 2 aromatic rings.